The Hall–Kier alpha value is -2.57. The number of pyridine rings is 1. The fraction of sp³-hybridized carbons (Fsp3) is 0.550. The molecule has 0 unspecified atom stereocenters. The van der Waals surface area contributed by atoms with Crippen LogP contribution in [-0.4, -0.2) is 37.8 Å². The Bertz CT molecular complexity index is 948. The predicted molar refractivity (Wildman–Crippen MR) is 103 cm³/mol. The van der Waals surface area contributed by atoms with E-state index in [0.717, 1.165) is 60.6 Å². The molecular weight excluding hydrogens is 342 g/mol. The minimum absolute atomic E-state index is 0.121. The number of imidazole rings is 1. The van der Waals surface area contributed by atoms with E-state index in [1.165, 1.54) is 12.8 Å². The van der Waals surface area contributed by atoms with Crippen LogP contribution < -0.4 is 5.32 Å². The highest BCUT2D eigenvalue weighted by molar-refractivity contribution is 6.00. The average molecular weight is 367 g/mol. The Labute approximate surface area is 157 Å². The molecule has 2 aliphatic carbocycles. The number of carbonyl (C=O) groups excluding carboxylic acids is 1. The highest BCUT2D eigenvalue weighted by Gasteiger charge is 2.27. The summed E-state index contributed by atoms with van der Waals surface area (Å²) in [6.45, 7) is 0. The molecule has 2 N–H and O–H groups in total. The van der Waals surface area contributed by atoms with E-state index >= 15 is 0 Å². The summed E-state index contributed by atoms with van der Waals surface area (Å²) in [5, 5.41) is 4.19. The van der Waals surface area contributed by atoms with Gasteiger partial charge in [-0.05, 0) is 57.4 Å². The largest absolute Gasteiger partial charge is 0.446 e. The van der Waals surface area contributed by atoms with Crippen LogP contribution in [0.3, 0.4) is 0 Å². The third-order valence-corrected chi connectivity index (χ3v) is 6.11. The summed E-state index contributed by atoms with van der Waals surface area (Å²) in [6, 6.07) is 2.67. The fourth-order valence-electron chi connectivity index (χ4n) is 4.66. The molecule has 0 bridgehead atoms. The summed E-state index contributed by atoms with van der Waals surface area (Å²) < 4.78 is 7.83. The molecule has 27 heavy (non-hydrogen) atoms. The number of aromatic nitrogens is 4. The molecule has 0 aromatic carbocycles. The van der Waals surface area contributed by atoms with Gasteiger partial charge in [0.2, 0.25) is 0 Å². The van der Waals surface area contributed by atoms with Crippen LogP contribution in [0.2, 0.25) is 0 Å². The van der Waals surface area contributed by atoms with Crippen molar-refractivity contribution in [2.75, 3.05) is 0 Å². The number of rotatable bonds is 3. The first-order valence-corrected chi connectivity index (χ1v) is 10.0. The molecule has 1 amide bonds. The molecule has 2 fully saturated rings. The standard InChI is InChI=1S/C20H25N5O2/c26-20(27-15-3-1-2-4-15)24-13-5-7-14(8-6-13)25-12-23-17-11-22-19-16(18(17)25)9-10-21-19/h9-15H,1-8H2,(H,21,22)(H,24,26)/t13-,14-. The van der Waals surface area contributed by atoms with Gasteiger partial charge in [0.05, 0.1) is 18.0 Å². The highest BCUT2D eigenvalue weighted by atomic mass is 16.6. The van der Waals surface area contributed by atoms with Crippen molar-refractivity contribution in [3.63, 3.8) is 0 Å². The second-order valence-electron chi connectivity index (χ2n) is 7.85. The van der Waals surface area contributed by atoms with Crippen LogP contribution in [0.25, 0.3) is 22.1 Å². The van der Waals surface area contributed by atoms with Crippen molar-refractivity contribution in [2.45, 2.75) is 69.6 Å². The molecule has 142 valence electrons. The second-order valence-corrected chi connectivity index (χ2v) is 7.85. The van der Waals surface area contributed by atoms with Gasteiger partial charge in [-0.2, -0.15) is 0 Å². The van der Waals surface area contributed by atoms with Crippen LogP contribution in [0, 0.1) is 0 Å². The monoisotopic (exact) mass is 367 g/mol. The summed E-state index contributed by atoms with van der Waals surface area (Å²) in [6.07, 6.45) is 13.9. The average Bonchev–Trinajstić information content (AvgIpc) is 3.41. The van der Waals surface area contributed by atoms with E-state index in [0.29, 0.717) is 6.04 Å². The molecule has 3 aromatic rings. The maximum absolute atomic E-state index is 12.1. The Morgan fingerprint density at radius 1 is 1.15 bits per heavy atom. The first-order chi connectivity index (χ1) is 13.3. The molecule has 2 aliphatic rings. The number of nitrogens with one attached hydrogen (secondary N) is 2. The van der Waals surface area contributed by atoms with Crippen molar-refractivity contribution in [2.24, 2.45) is 0 Å². The topological polar surface area (TPSA) is 84.8 Å². The number of H-pyrrole nitrogens is 1. The molecule has 0 atom stereocenters. The third kappa shape index (κ3) is 3.15. The molecular formula is C20H25N5O2. The fourth-order valence-corrected chi connectivity index (χ4v) is 4.66. The Morgan fingerprint density at radius 3 is 2.78 bits per heavy atom. The van der Waals surface area contributed by atoms with Gasteiger partial charge in [0, 0.05) is 23.7 Å². The zero-order valence-corrected chi connectivity index (χ0v) is 15.4. The number of nitrogens with zero attached hydrogens (tertiary/aromatic N) is 3. The highest BCUT2D eigenvalue weighted by Crippen LogP contribution is 2.33. The van der Waals surface area contributed by atoms with Crippen LogP contribution >= 0.6 is 0 Å². The molecule has 3 heterocycles. The van der Waals surface area contributed by atoms with E-state index in [1.54, 1.807) is 0 Å². The number of hydrogen-bond acceptors (Lipinski definition) is 4. The molecule has 0 aliphatic heterocycles. The van der Waals surface area contributed by atoms with E-state index in [4.69, 9.17) is 4.74 Å². The molecule has 3 aromatic heterocycles. The van der Waals surface area contributed by atoms with E-state index in [9.17, 15) is 4.79 Å². The van der Waals surface area contributed by atoms with E-state index < -0.39 is 0 Å². The molecule has 0 saturated heterocycles. The zero-order chi connectivity index (χ0) is 18.2. The van der Waals surface area contributed by atoms with Crippen molar-refractivity contribution in [3.8, 4) is 0 Å². The van der Waals surface area contributed by atoms with Gasteiger partial charge >= 0.3 is 6.09 Å². The lowest BCUT2D eigenvalue weighted by atomic mass is 9.91. The van der Waals surface area contributed by atoms with E-state index in [1.807, 2.05) is 18.7 Å². The van der Waals surface area contributed by atoms with Crippen LogP contribution in [0.5, 0.6) is 0 Å². The summed E-state index contributed by atoms with van der Waals surface area (Å²) in [7, 11) is 0. The van der Waals surface area contributed by atoms with Crippen LogP contribution in [0.15, 0.2) is 24.8 Å². The van der Waals surface area contributed by atoms with Crippen molar-refractivity contribution in [1.82, 2.24) is 24.8 Å². The maximum Gasteiger partial charge on any atom is 0.407 e. The lowest BCUT2D eigenvalue weighted by Gasteiger charge is -2.30. The van der Waals surface area contributed by atoms with Crippen LogP contribution in [-0.2, 0) is 4.74 Å². The molecule has 0 spiro atoms. The van der Waals surface area contributed by atoms with Gasteiger partial charge in [-0.3, -0.25) is 0 Å². The first kappa shape index (κ1) is 16.6. The number of alkyl carbamates (subject to hydrolysis) is 1. The Morgan fingerprint density at radius 2 is 1.96 bits per heavy atom. The molecule has 5 rings (SSSR count). The number of fused-ring (bicyclic) bond motifs is 3. The second kappa shape index (κ2) is 6.87. The van der Waals surface area contributed by atoms with E-state index in [-0.39, 0.29) is 18.2 Å². The van der Waals surface area contributed by atoms with Gasteiger partial charge in [-0.1, -0.05) is 0 Å². The minimum atomic E-state index is -0.237. The van der Waals surface area contributed by atoms with Crippen LogP contribution in [0.4, 0.5) is 4.79 Å². The Balaban J connectivity index is 1.25. The SMILES string of the molecule is O=C(N[C@H]1CC[C@H](n2cnc3cnc4[nH]ccc4c32)CC1)OC1CCCC1. The van der Waals surface area contributed by atoms with Crippen molar-refractivity contribution in [1.29, 1.82) is 0 Å². The third-order valence-electron chi connectivity index (χ3n) is 6.11. The maximum atomic E-state index is 12.1. The number of ether oxygens (including phenoxy) is 1. The van der Waals surface area contributed by atoms with Gasteiger partial charge < -0.3 is 19.6 Å². The zero-order valence-electron chi connectivity index (χ0n) is 15.4. The van der Waals surface area contributed by atoms with Crippen molar-refractivity contribution < 1.29 is 9.53 Å². The summed E-state index contributed by atoms with van der Waals surface area (Å²) >= 11 is 0. The number of amides is 1. The number of carbonyl (C=O) groups is 1. The molecule has 7 nitrogen and oxygen atoms in total. The first-order valence-electron chi connectivity index (χ1n) is 10.0. The minimum Gasteiger partial charge on any atom is -0.446 e. The van der Waals surface area contributed by atoms with Gasteiger partial charge in [-0.25, -0.2) is 14.8 Å². The van der Waals surface area contributed by atoms with Crippen LogP contribution in [0.1, 0.15) is 57.4 Å². The molecule has 2 saturated carbocycles. The number of hydrogen-bond donors (Lipinski definition) is 2. The van der Waals surface area contributed by atoms with Gasteiger partial charge in [-0.15, -0.1) is 0 Å². The summed E-state index contributed by atoms with van der Waals surface area (Å²) in [4.78, 5) is 24.3. The lowest BCUT2D eigenvalue weighted by Crippen LogP contribution is -2.39. The van der Waals surface area contributed by atoms with Crippen molar-refractivity contribution >= 4 is 28.2 Å². The predicted octanol–water partition coefficient (Wildman–Crippen LogP) is 4.07. The smallest absolute Gasteiger partial charge is 0.407 e. The summed E-state index contributed by atoms with van der Waals surface area (Å²) in [5.41, 5.74) is 2.98. The molecule has 0 radical (unpaired) electrons. The van der Waals surface area contributed by atoms with E-state index in [2.05, 4.69) is 30.9 Å². The summed E-state index contributed by atoms with van der Waals surface area (Å²) in [5.74, 6) is 0. The lowest BCUT2D eigenvalue weighted by molar-refractivity contribution is 0.0951. The van der Waals surface area contributed by atoms with Gasteiger partial charge in [0.1, 0.15) is 17.3 Å². The Kier molecular flexibility index (Phi) is 4.22. The van der Waals surface area contributed by atoms with Gasteiger partial charge in [0.25, 0.3) is 0 Å². The molecule has 7 heteroatoms. The normalized spacial score (nSPS) is 23.9. The van der Waals surface area contributed by atoms with Gasteiger partial charge in [0.15, 0.2) is 0 Å². The quantitative estimate of drug-likeness (QED) is 0.731. The number of aromatic amines is 1. The van der Waals surface area contributed by atoms with Crippen molar-refractivity contribution in [3.05, 3.63) is 24.8 Å².